The molecule has 1 spiro atoms. The molecule has 1 heterocycles. The fourth-order valence-electron chi connectivity index (χ4n) is 3.28. The largest absolute Gasteiger partial charge is 0.475 e. The van der Waals surface area contributed by atoms with Crippen molar-refractivity contribution in [3.63, 3.8) is 0 Å². The van der Waals surface area contributed by atoms with E-state index < -0.39 is 0 Å². The molecule has 1 aliphatic heterocycles. The lowest BCUT2D eigenvalue weighted by atomic mass is 9.84. The second-order valence-electron chi connectivity index (χ2n) is 5.56. The summed E-state index contributed by atoms with van der Waals surface area (Å²) >= 11 is 0. The van der Waals surface area contributed by atoms with Crippen molar-refractivity contribution >= 4 is 6.40 Å². The molecule has 0 N–H and O–H groups in total. The first-order valence-electron chi connectivity index (χ1n) is 7.12. The number of ether oxygens (including phenoxy) is 1. The maximum atomic E-state index is 5.95. The minimum atomic E-state index is 0.00629. The topological polar surface area (TPSA) is 21.6 Å². The van der Waals surface area contributed by atoms with Crippen molar-refractivity contribution in [2.45, 2.75) is 56.6 Å². The van der Waals surface area contributed by atoms with Crippen LogP contribution in [0.15, 0.2) is 35.3 Å². The Labute approximate surface area is 109 Å². The predicted molar refractivity (Wildman–Crippen MR) is 73.9 cm³/mol. The number of aliphatic imine (C=N–C) groups is 1. The first-order chi connectivity index (χ1) is 8.89. The molecule has 1 aromatic carbocycles. The SMILES string of the molecule is C1=N[C@H](Cc2ccccc2)C2(CCCCCC2)O1. The van der Waals surface area contributed by atoms with Crippen LogP contribution in [0.25, 0.3) is 0 Å². The van der Waals surface area contributed by atoms with E-state index in [1.165, 1.54) is 44.1 Å². The molecule has 1 fully saturated rings. The van der Waals surface area contributed by atoms with E-state index >= 15 is 0 Å². The van der Waals surface area contributed by atoms with Gasteiger partial charge in [-0.25, -0.2) is 0 Å². The van der Waals surface area contributed by atoms with Crippen molar-refractivity contribution in [1.29, 1.82) is 0 Å². The Morgan fingerprint density at radius 3 is 2.50 bits per heavy atom. The van der Waals surface area contributed by atoms with Crippen molar-refractivity contribution < 1.29 is 4.74 Å². The first kappa shape index (κ1) is 11.8. The Bertz CT molecular complexity index is 404. The highest BCUT2D eigenvalue weighted by Crippen LogP contribution is 2.38. The Morgan fingerprint density at radius 1 is 1.06 bits per heavy atom. The van der Waals surface area contributed by atoms with Gasteiger partial charge in [-0.3, -0.25) is 4.99 Å². The molecule has 0 saturated heterocycles. The molecule has 2 aliphatic rings. The molecule has 0 radical (unpaired) electrons. The highest BCUT2D eigenvalue weighted by atomic mass is 16.5. The van der Waals surface area contributed by atoms with Gasteiger partial charge in [-0.05, 0) is 37.7 Å². The second-order valence-corrected chi connectivity index (χ2v) is 5.56. The lowest BCUT2D eigenvalue weighted by Gasteiger charge is -2.32. The molecule has 96 valence electrons. The van der Waals surface area contributed by atoms with Gasteiger partial charge < -0.3 is 4.74 Å². The minimum absolute atomic E-state index is 0.00629. The van der Waals surface area contributed by atoms with Crippen LogP contribution in [0.3, 0.4) is 0 Å². The first-order valence-corrected chi connectivity index (χ1v) is 7.12. The Balaban J connectivity index is 1.75. The van der Waals surface area contributed by atoms with Crippen LogP contribution in [-0.4, -0.2) is 18.0 Å². The lowest BCUT2D eigenvalue weighted by Crippen LogP contribution is -2.40. The molecule has 1 aromatic rings. The van der Waals surface area contributed by atoms with Gasteiger partial charge in [0.25, 0.3) is 0 Å². The van der Waals surface area contributed by atoms with E-state index in [9.17, 15) is 0 Å². The second kappa shape index (κ2) is 5.13. The summed E-state index contributed by atoms with van der Waals surface area (Å²) < 4.78 is 5.95. The van der Waals surface area contributed by atoms with Crippen LogP contribution in [0.4, 0.5) is 0 Å². The van der Waals surface area contributed by atoms with Gasteiger partial charge >= 0.3 is 0 Å². The van der Waals surface area contributed by atoms with Gasteiger partial charge in [-0.2, -0.15) is 0 Å². The van der Waals surface area contributed by atoms with E-state index in [1.807, 2.05) is 0 Å². The molecule has 2 heteroatoms. The fraction of sp³-hybridized carbons (Fsp3) is 0.562. The van der Waals surface area contributed by atoms with Crippen LogP contribution in [0.2, 0.25) is 0 Å². The lowest BCUT2D eigenvalue weighted by molar-refractivity contribution is 0.0450. The molecule has 18 heavy (non-hydrogen) atoms. The van der Waals surface area contributed by atoms with E-state index in [-0.39, 0.29) is 5.60 Å². The Kier molecular flexibility index (Phi) is 3.35. The third-order valence-corrected chi connectivity index (χ3v) is 4.36. The van der Waals surface area contributed by atoms with Crippen molar-refractivity contribution in [1.82, 2.24) is 0 Å². The van der Waals surface area contributed by atoms with E-state index in [1.54, 1.807) is 6.40 Å². The van der Waals surface area contributed by atoms with Crippen LogP contribution in [0.5, 0.6) is 0 Å². The quantitative estimate of drug-likeness (QED) is 0.775. The van der Waals surface area contributed by atoms with Crippen LogP contribution in [-0.2, 0) is 11.2 Å². The summed E-state index contributed by atoms with van der Waals surface area (Å²) in [6.45, 7) is 0. The Morgan fingerprint density at radius 2 is 1.78 bits per heavy atom. The minimum Gasteiger partial charge on any atom is -0.475 e. The third kappa shape index (κ3) is 2.29. The molecular weight excluding hydrogens is 222 g/mol. The molecule has 0 unspecified atom stereocenters. The number of hydrogen-bond acceptors (Lipinski definition) is 2. The van der Waals surface area contributed by atoms with Crippen LogP contribution < -0.4 is 0 Å². The van der Waals surface area contributed by atoms with Gasteiger partial charge in [0.15, 0.2) is 6.40 Å². The van der Waals surface area contributed by atoms with Gasteiger partial charge in [0.2, 0.25) is 0 Å². The van der Waals surface area contributed by atoms with Gasteiger partial charge in [0, 0.05) is 0 Å². The zero-order valence-corrected chi connectivity index (χ0v) is 10.8. The average Bonchev–Trinajstić information content (AvgIpc) is 2.63. The van der Waals surface area contributed by atoms with Crippen molar-refractivity contribution in [3.05, 3.63) is 35.9 Å². The maximum absolute atomic E-state index is 5.95. The molecule has 0 amide bonds. The van der Waals surface area contributed by atoms with Gasteiger partial charge in [-0.15, -0.1) is 0 Å². The maximum Gasteiger partial charge on any atom is 0.170 e. The van der Waals surface area contributed by atoms with E-state index in [0.717, 1.165) is 6.42 Å². The van der Waals surface area contributed by atoms with E-state index in [2.05, 4.69) is 35.3 Å². The third-order valence-electron chi connectivity index (χ3n) is 4.36. The summed E-state index contributed by atoms with van der Waals surface area (Å²) in [6.07, 6.45) is 10.3. The standard InChI is InChI=1S/C16H21NO/c1-2-7-11-16(10-6-1)15(17-13-18-16)12-14-8-4-3-5-9-14/h3-5,8-9,13,15H,1-2,6-7,10-12H2/t15-/m1/s1. The van der Waals surface area contributed by atoms with Gasteiger partial charge in [-0.1, -0.05) is 43.2 Å². The molecule has 0 aromatic heterocycles. The molecule has 0 bridgehead atoms. The van der Waals surface area contributed by atoms with Gasteiger partial charge in [0.1, 0.15) is 5.60 Å². The molecule has 1 saturated carbocycles. The number of rotatable bonds is 2. The highest BCUT2D eigenvalue weighted by Gasteiger charge is 2.43. The van der Waals surface area contributed by atoms with Crippen LogP contribution in [0.1, 0.15) is 44.1 Å². The van der Waals surface area contributed by atoms with Gasteiger partial charge in [0.05, 0.1) is 6.04 Å². The molecular formula is C16H21NO. The van der Waals surface area contributed by atoms with E-state index in [4.69, 9.17) is 4.74 Å². The molecule has 2 nitrogen and oxygen atoms in total. The predicted octanol–water partition coefficient (Wildman–Crippen LogP) is 3.75. The Hall–Kier alpha value is -1.31. The number of hydrogen-bond donors (Lipinski definition) is 0. The van der Waals surface area contributed by atoms with Crippen molar-refractivity contribution in [3.8, 4) is 0 Å². The monoisotopic (exact) mass is 243 g/mol. The summed E-state index contributed by atoms with van der Waals surface area (Å²) in [7, 11) is 0. The zero-order chi connectivity index (χ0) is 12.3. The number of nitrogens with zero attached hydrogens (tertiary/aromatic N) is 1. The summed E-state index contributed by atoms with van der Waals surface area (Å²) in [5.74, 6) is 0. The molecule has 1 aliphatic carbocycles. The summed E-state index contributed by atoms with van der Waals surface area (Å²) in [4.78, 5) is 4.60. The van der Waals surface area contributed by atoms with Crippen LogP contribution in [0, 0.1) is 0 Å². The molecule has 1 atom stereocenters. The normalized spacial score (nSPS) is 25.9. The smallest absolute Gasteiger partial charge is 0.170 e. The fourth-order valence-corrected chi connectivity index (χ4v) is 3.28. The molecule has 3 rings (SSSR count). The highest BCUT2D eigenvalue weighted by molar-refractivity contribution is 5.51. The van der Waals surface area contributed by atoms with Crippen molar-refractivity contribution in [2.24, 2.45) is 4.99 Å². The summed E-state index contributed by atoms with van der Waals surface area (Å²) in [5.41, 5.74) is 1.38. The number of benzene rings is 1. The zero-order valence-electron chi connectivity index (χ0n) is 10.8. The average molecular weight is 243 g/mol. The van der Waals surface area contributed by atoms with Crippen molar-refractivity contribution in [2.75, 3.05) is 0 Å². The summed E-state index contributed by atoms with van der Waals surface area (Å²) in [5, 5.41) is 0. The van der Waals surface area contributed by atoms with Crippen LogP contribution >= 0.6 is 0 Å². The summed E-state index contributed by atoms with van der Waals surface area (Å²) in [6, 6.07) is 11.0. The van der Waals surface area contributed by atoms with E-state index in [0.29, 0.717) is 6.04 Å².